The van der Waals surface area contributed by atoms with E-state index in [2.05, 4.69) is 15.4 Å². The second-order valence-corrected chi connectivity index (χ2v) is 6.84. The Morgan fingerprint density at radius 1 is 1.38 bits per heavy atom. The molecule has 2 heterocycles. The van der Waals surface area contributed by atoms with Gasteiger partial charge in [0.05, 0.1) is 11.3 Å². The van der Waals surface area contributed by atoms with Gasteiger partial charge in [-0.05, 0) is 44.4 Å². The molecule has 26 heavy (non-hydrogen) atoms. The topological polar surface area (TPSA) is 78.6 Å². The summed E-state index contributed by atoms with van der Waals surface area (Å²) in [6, 6.07) is 6.17. The van der Waals surface area contributed by atoms with Gasteiger partial charge in [0, 0.05) is 26.2 Å². The lowest BCUT2D eigenvalue weighted by atomic mass is 9.84. The normalized spacial score (nSPS) is 17.2. The van der Waals surface area contributed by atoms with Crippen molar-refractivity contribution in [1.29, 1.82) is 0 Å². The summed E-state index contributed by atoms with van der Waals surface area (Å²) in [6.07, 6.45) is 1.07. The van der Waals surface area contributed by atoms with Gasteiger partial charge in [-0.1, -0.05) is 17.3 Å². The highest BCUT2D eigenvalue weighted by Gasteiger charge is 2.34. The van der Waals surface area contributed by atoms with E-state index in [-0.39, 0.29) is 11.7 Å². The van der Waals surface area contributed by atoms with E-state index in [0.29, 0.717) is 61.6 Å². The van der Waals surface area contributed by atoms with E-state index in [1.54, 1.807) is 26.0 Å². The van der Waals surface area contributed by atoms with Crippen molar-refractivity contribution in [3.8, 4) is 0 Å². The number of hydrogen-bond acceptors (Lipinski definition) is 5. The van der Waals surface area contributed by atoms with E-state index < -0.39 is 5.60 Å². The molecule has 0 radical (unpaired) electrons. The molecule has 1 aliphatic rings. The fourth-order valence-corrected chi connectivity index (χ4v) is 3.44. The summed E-state index contributed by atoms with van der Waals surface area (Å²) in [4.78, 5) is 14.4. The van der Waals surface area contributed by atoms with Gasteiger partial charge in [-0.2, -0.15) is 0 Å². The Balaban J connectivity index is 1.48. The van der Waals surface area contributed by atoms with Crippen LogP contribution < -0.4 is 5.32 Å². The van der Waals surface area contributed by atoms with E-state index in [1.165, 1.54) is 12.1 Å². The summed E-state index contributed by atoms with van der Waals surface area (Å²) in [7, 11) is 0. The zero-order valence-corrected chi connectivity index (χ0v) is 15.1. The number of carbonyl (C=O) groups is 1. The molecule has 7 heteroatoms. The fourth-order valence-electron chi connectivity index (χ4n) is 3.44. The molecular weight excluding hydrogens is 337 g/mol. The molecule has 1 saturated heterocycles. The lowest BCUT2D eigenvalue weighted by molar-refractivity contribution is -0.0257. The number of amides is 1. The number of nitrogens with zero attached hydrogens (tertiary/aromatic N) is 2. The quantitative estimate of drug-likeness (QED) is 0.853. The van der Waals surface area contributed by atoms with Crippen LogP contribution in [0.3, 0.4) is 0 Å². The molecule has 0 bridgehead atoms. The van der Waals surface area contributed by atoms with Crippen molar-refractivity contribution in [2.75, 3.05) is 26.2 Å². The van der Waals surface area contributed by atoms with Gasteiger partial charge in [-0.25, -0.2) is 4.39 Å². The highest BCUT2D eigenvalue weighted by atomic mass is 19.1. The van der Waals surface area contributed by atoms with Gasteiger partial charge in [0.1, 0.15) is 17.1 Å². The predicted octanol–water partition coefficient (Wildman–Crippen LogP) is 2.14. The first-order valence-corrected chi connectivity index (χ1v) is 8.81. The van der Waals surface area contributed by atoms with Gasteiger partial charge < -0.3 is 19.8 Å². The average molecular weight is 361 g/mol. The molecule has 0 spiro atoms. The SMILES string of the molecule is Cc1noc(C)c1C(=O)NCCN1CCC(O)(c2cccc(F)c2)CC1. The molecular formula is C19H24FN3O3. The molecule has 2 aromatic rings. The third kappa shape index (κ3) is 3.94. The number of halogens is 1. The fraction of sp³-hybridized carbons (Fsp3) is 0.474. The summed E-state index contributed by atoms with van der Waals surface area (Å²) in [5.74, 6) is -0.00644. The maximum Gasteiger partial charge on any atom is 0.256 e. The first-order valence-electron chi connectivity index (χ1n) is 8.81. The van der Waals surface area contributed by atoms with Gasteiger partial charge in [-0.3, -0.25) is 4.79 Å². The Labute approximate surface area is 152 Å². The van der Waals surface area contributed by atoms with E-state index >= 15 is 0 Å². The van der Waals surface area contributed by atoms with E-state index in [1.807, 2.05) is 0 Å². The van der Waals surface area contributed by atoms with Gasteiger partial charge in [-0.15, -0.1) is 0 Å². The summed E-state index contributed by atoms with van der Waals surface area (Å²) in [5.41, 5.74) is 0.713. The zero-order chi connectivity index (χ0) is 18.7. The Kier molecular flexibility index (Phi) is 5.38. The van der Waals surface area contributed by atoms with Crippen LogP contribution in [-0.4, -0.2) is 47.2 Å². The number of nitrogens with one attached hydrogen (secondary N) is 1. The molecule has 2 N–H and O–H groups in total. The van der Waals surface area contributed by atoms with Crippen molar-refractivity contribution in [3.05, 3.63) is 52.7 Å². The van der Waals surface area contributed by atoms with Crippen LogP contribution >= 0.6 is 0 Å². The van der Waals surface area contributed by atoms with Gasteiger partial charge in [0.15, 0.2) is 0 Å². The number of piperidine rings is 1. The first kappa shape index (κ1) is 18.5. The van der Waals surface area contributed by atoms with Crippen molar-refractivity contribution in [2.24, 2.45) is 0 Å². The minimum absolute atomic E-state index is 0.186. The molecule has 0 saturated carbocycles. The predicted molar refractivity (Wildman–Crippen MR) is 94.3 cm³/mol. The summed E-state index contributed by atoms with van der Waals surface area (Å²) >= 11 is 0. The standard InChI is InChI=1S/C19H24FN3O3/c1-13-17(14(2)26-22-13)18(24)21-8-11-23-9-6-19(25,7-10-23)15-4-3-5-16(20)12-15/h3-5,12,25H,6-11H2,1-2H3,(H,21,24). The third-order valence-electron chi connectivity index (χ3n) is 5.02. The molecule has 1 fully saturated rings. The van der Waals surface area contributed by atoms with Crippen LogP contribution in [0.2, 0.25) is 0 Å². The second-order valence-electron chi connectivity index (χ2n) is 6.84. The van der Waals surface area contributed by atoms with Crippen molar-refractivity contribution >= 4 is 5.91 Å². The summed E-state index contributed by atoms with van der Waals surface area (Å²) in [6.45, 7) is 6.02. The molecule has 0 aliphatic carbocycles. The highest BCUT2D eigenvalue weighted by Crippen LogP contribution is 2.32. The number of benzene rings is 1. The van der Waals surface area contributed by atoms with Crippen LogP contribution in [0.5, 0.6) is 0 Å². The van der Waals surface area contributed by atoms with Crippen LogP contribution in [-0.2, 0) is 5.60 Å². The van der Waals surface area contributed by atoms with E-state index in [0.717, 1.165) is 0 Å². The lowest BCUT2D eigenvalue weighted by Gasteiger charge is -2.38. The Morgan fingerprint density at radius 3 is 2.73 bits per heavy atom. The molecule has 0 unspecified atom stereocenters. The smallest absolute Gasteiger partial charge is 0.256 e. The number of carbonyl (C=O) groups excluding carboxylic acids is 1. The Morgan fingerprint density at radius 2 is 2.12 bits per heavy atom. The molecule has 3 rings (SSSR count). The molecule has 140 valence electrons. The summed E-state index contributed by atoms with van der Waals surface area (Å²) in [5, 5.41) is 17.5. The maximum atomic E-state index is 13.4. The van der Waals surface area contributed by atoms with Crippen LogP contribution in [0.1, 0.15) is 40.2 Å². The third-order valence-corrected chi connectivity index (χ3v) is 5.02. The minimum Gasteiger partial charge on any atom is -0.385 e. The number of aromatic nitrogens is 1. The lowest BCUT2D eigenvalue weighted by Crippen LogP contribution is -2.45. The first-order chi connectivity index (χ1) is 12.4. The number of aryl methyl sites for hydroxylation is 2. The van der Waals surface area contributed by atoms with Crippen LogP contribution in [0.25, 0.3) is 0 Å². The second kappa shape index (κ2) is 7.55. The number of rotatable bonds is 5. The zero-order valence-electron chi connectivity index (χ0n) is 15.1. The molecule has 0 atom stereocenters. The van der Waals surface area contributed by atoms with Crippen molar-refractivity contribution in [1.82, 2.24) is 15.4 Å². The molecule has 1 amide bonds. The average Bonchev–Trinajstić information content (AvgIpc) is 2.95. The largest absolute Gasteiger partial charge is 0.385 e. The van der Waals surface area contributed by atoms with E-state index in [4.69, 9.17) is 4.52 Å². The summed E-state index contributed by atoms with van der Waals surface area (Å²) < 4.78 is 18.4. The van der Waals surface area contributed by atoms with Gasteiger partial charge in [0.2, 0.25) is 0 Å². The monoisotopic (exact) mass is 361 g/mol. The maximum absolute atomic E-state index is 13.4. The van der Waals surface area contributed by atoms with Gasteiger partial charge in [0.25, 0.3) is 5.91 Å². The molecule has 1 aromatic heterocycles. The van der Waals surface area contributed by atoms with Crippen LogP contribution in [0.4, 0.5) is 4.39 Å². The van der Waals surface area contributed by atoms with E-state index in [9.17, 15) is 14.3 Å². The highest BCUT2D eigenvalue weighted by molar-refractivity contribution is 5.96. The minimum atomic E-state index is -0.988. The number of likely N-dealkylation sites (tertiary alicyclic amines) is 1. The molecule has 6 nitrogen and oxygen atoms in total. The number of hydrogen-bond donors (Lipinski definition) is 2. The van der Waals surface area contributed by atoms with Crippen LogP contribution in [0, 0.1) is 19.7 Å². The Hall–Kier alpha value is -2.25. The van der Waals surface area contributed by atoms with Crippen molar-refractivity contribution < 1.29 is 18.8 Å². The Bertz CT molecular complexity index is 763. The molecule has 1 aliphatic heterocycles. The van der Waals surface area contributed by atoms with Gasteiger partial charge >= 0.3 is 0 Å². The van der Waals surface area contributed by atoms with Crippen molar-refractivity contribution in [3.63, 3.8) is 0 Å². The van der Waals surface area contributed by atoms with Crippen molar-refractivity contribution in [2.45, 2.75) is 32.3 Å². The van der Waals surface area contributed by atoms with Crippen LogP contribution in [0.15, 0.2) is 28.8 Å². The number of aliphatic hydroxyl groups is 1. The molecule has 1 aromatic carbocycles.